The van der Waals surface area contributed by atoms with Crippen LogP contribution in [0.15, 0.2) is 48.5 Å². The zero-order valence-corrected chi connectivity index (χ0v) is 18.8. The topological polar surface area (TPSA) is 35.5 Å². The molecule has 0 saturated heterocycles. The summed E-state index contributed by atoms with van der Waals surface area (Å²) in [4.78, 5) is 12.1. The molecule has 2 aromatic rings. The van der Waals surface area contributed by atoms with E-state index in [-0.39, 0.29) is 5.97 Å². The molecular formula is C27H38O3. The largest absolute Gasteiger partial charge is 0.494 e. The summed E-state index contributed by atoms with van der Waals surface area (Å²) >= 11 is 0. The molecule has 30 heavy (non-hydrogen) atoms. The summed E-state index contributed by atoms with van der Waals surface area (Å²) in [5, 5.41) is 0. The number of benzene rings is 2. The molecule has 0 bridgehead atoms. The molecule has 0 unspecified atom stereocenters. The van der Waals surface area contributed by atoms with E-state index in [9.17, 15) is 4.79 Å². The van der Waals surface area contributed by atoms with Crippen LogP contribution in [0.25, 0.3) is 11.1 Å². The van der Waals surface area contributed by atoms with E-state index >= 15 is 0 Å². The van der Waals surface area contributed by atoms with Crippen molar-refractivity contribution in [2.75, 3.05) is 13.2 Å². The number of hydrogen-bond donors (Lipinski definition) is 0. The lowest BCUT2D eigenvalue weighted by molar-refractivity contribution is 0.0498. The van der Waals surface area contributed by atoms with Crippen molar-refractivity contribution in [3.63, 3.8) is 0 Å². The van der Waals surface area contributed by atoms with E-state index in [1.165, 1.54) is 44.9 Å². The van der Waals surface area contributed by atoms with Gasteiger partial charge in [-0.2, -0.15) is 0 Å². The lowest BCUT2D eigenvalue weighted by Crippen LogP contribution is -2.06. The van der Waals surface area contributed by atoms with E-state index in [0.29, 0.717) is 12.2 Å². The van der Waals surface area contributed by atoms with E-state index < -0.39 is 0 Å². The fourth-order valence-corrected chi connectivity index (χ4v) is 3.39. The SMILES string of the molecule is CCCCCCCCOc1ccc(-c2ccc(C(=O)OCCCCCC)cc2)cc1. The van der Waals surface area contributed by atoms with Crippen LogP contribution in [0.4, 0.5) is 0 Å². The third-order valence-corrected chi connectivity index (χ3v) is 5.31. The van der Waals surface area contributed by atoms with Gasteiger partial charge in [-0.05, 0) is 48.2 Å². The van der Waals surface area contributed by atoms with E-state index in [2.05, 4.69) is 26.0 Å². The number of hydrogen-bond acceptors (Lipinski definition) is 3. The van der Waals surface area contributed by atoms with E-state index in [4.69, 9.17) is 9.47 Å². The third-order valence-electron chi connectivity index (χ3n) is 5.31. The van der Waals surface area contributed by atoms with Gasteiger partial charge < -0.3 is 9.47 Å². The number of rotatable bonds is 15. The number of ether oxygens (including phenoxy) is 2. The van der Waals surface area contributed by atoms with Crippen LogP contribution in [0, 0.1) is 0 Å². The van der Waals surface area contributed by atoms with Crippen LogP contribution in [0.5, 0.6) is 5.75 Å². The van der Waals surface area contributed by atoms with Crippen molar-refractivity contribution in [1.82, 2.24) is 0 Å². The molecule has 3 nitrogen and oxygen atoms in total. The highest BCUT2D eigenvalue weighted by atomic mass is 16.5. The van der Waals surface area contributed by atoms with Gasteiger partial charge in [0.2, 0.25) is 0 Å². The molecule has 0 amide bonds. The van der Waals surface area contributed by atoms with Crippen LogP contribution in [0.2, 0.25) is 0 Å². The Labute approximate surface area is 182 Å². The Balaban J connectivity index is 1.74. The Bertz CT molecular complexity index is 704. The van der Waals surface area contributed by atoms with Crippen molar-refractivity contribution in [2.24, 2.45) is 0 Å². The van der Waals surface area contributed by atoms with Gasteiger partial charge in [0.25, 0.3) is 0 Å². The molecule has 0 aliphatic rings. The second kappa shape index (κ2) is 14.7. The van der Waals surface area contributed by atoms with Gasteiger partial charge in [-0.3, -0.25) is 0 Å². The van der Waals surface area contributed by atoms with Crippen LogP contribution in [-0.4, -0.2) is 19.2 Å². The minimum atomic E-state index is -0.239. The normalized spacial score (nSPS) is 10.7. The van der Waals surface area contributed by atoms with Gasteiger partial charge >= 0.3 is 5.97 Å². The molecule has 0 heterocycles. The highest BCUT2D eigenvalue weighted by Gasteiger charge is 2.07. The maximum atomic E-state index is 12.1. The zero-order valence-electron chi connectivity index (χ0n) is 18.8. The first kappa shape index (κ1) is 24.0. The lowest BCUT2D eigenvalue weighted by atomic mass is 10.0. The average Bonchev–Trinajstić information content (AvgIpc) is 2.79. The Kier molecular flexibility index (Phi) is 11.7. The van der Waals surface area contributed by atoms with Gasteiger partial charge in [-0.25, -0.2) is 4.79 Å². The Morgan fingerprint density at radius 2 is 1.13 bits per heavy atom. The molecule has 0 fully saturated rings. The molecule has 2 rings (SSSR count). The second-order valence-electron chi connectivity index (χ2n) is 7.91. The molecular weight excluding hydrogens is 372 g/mol. The maximum absolute atomic E-state index is 12.1. The molecule has 3 heteroatoms. The van der Waals surface area contributed by atoms with Crippen molar-refractivity contribution < 1.29 is 14.3 Å². The Morgan fingerprint density at radius 3 is 1.77 bits per heavy atom. The van der Waals surface area contributed by atoms with Crippen molar-refractivity contribution in [1.29, 1.82) is 0 Å². The molecule has 0 radical (unpaired) electrons. The van der Waals surface area contributed by atoms with Crippen molar-refractivity contribution in [2.45, 2.75) is 78.1 Å². The van der Waals surface area contributed by atoms with Crippen LogP contribution < -0.4 is 4.74 Å². The third kappa shape index (κ3) is 9.02. The molecule has 0 N–H and O–H groups in total. The smallest absolute Gasteiger partial charge is 0.338 e. The molecule has 0 aliphatic heterocycles. The van der Waals surface area contributed by atoms with Gasteiger partial charge in [-0.1, -0.05) is 89.5 Å². The van der Waals surface area contributed by atoms with Crippen molar-refractivity contribution in [3.8, 4) is 16.9 Å². The quantitative estimate of drug-likeness (QED) is 0.222. The maximum Gasteiger partial charge on any atom is 0.338 e. The van der Waals surface area contributed by atoms with Crippen molar-refractivity contribution in [3.05, 3.63) is 54.1 Å². The van der Waals surface area contributed by atoms with Gasteiger partial charge in [-0.15, -0.1) is 0 Å². The first-order valence-electron chi connectivity index (χ1n) is 11.7. The zero-order chi connectivity index (χ0) is 21.4. The monoisotopic (exact) mass is 410 g/mol. The number of carbonyl (C=O) groups excluding carboxylic acids is 1. The fraction of sp³-hybridized carbons (Fsp3) is 0.519. The predicted octanol–water partition coefficient (Wildman–Crippen LogP) is 7.83. The summed E-state index contributed by atoms with van der Waals surface area (Å²) in [5.74, 6) is 0.673. The second-order valence-corrected chi connectivity index (χ2v) is 7.91. The predicted molar refractivity (Wildman–Crippen MR) is 125 cm³/mol. The van der Waals surface area contributed by atoms with Gasteiger partial charge in [0, 0.05) is 0 Å². The fourth-order valence-electron chi connectivity index (χ4n) is 3.39. The number of unbranched alkanes of at least 4 members (excludes halogenated alkanes) is 8. The number of esters is 1. The van der Waals surface area contributed by atoms with Gasteiger partial charge in [0.1, 0.15) is 5.75 Å². The molecule has 164 valence electrons. The first-order chi connectivity index (χ1) is 14.7. The van der Waals surface area contributed by atoms with Crippen LogP contribution in [-0.2, 0) is 4.74 Å². The van der Waals surface area contributed by atoms with Crippen LogP contribution in [0.1, 0.15) is 88.4 Å². The van der Waals surface area contributed by atoms with Gasteiger partial charge in [0.15, 0.2) is 0 Å². The summed E-state index contributed by atoms with van der Waals surface area (Å²) in [6.45, 7) is 5.69. The van der Waals surface area contributed by atoms with Crippen molar-refractivity contribution >= 4 is 5.97 Å². The molecule has 0 atom stereocenters. The first-order valence-corrected chi connectivity index (χ1v) is 11.7. The summed E-state index contributed by atoms with van der Waals surface area (Å²) in [6, 6.07) is 15.8. The van der Waals surface area contributed by atoms with E-state index in [1.54, 1.807) is 0 Å². The molecule has 0 aromatic heterocycles. The van der Waals surface area contributed by atoms with Crippen LogP contribution >= 0.6 is 0 Å². The molecule has 0 saturated carbocycles. The lowest BCUT2D eigenvalue weighted by Gasteiger charge is -2.08. The number of carbonyl (C=O) groups is 1. The Hall–Kier alpha value is -2.29. The minimum absolute atomic E-state index is 0.239. The highest BCUT2D eigenvalue weighted by molar-refractivity contribution is 5.90. The van der Waals surface area contributed by atoms with Crippen LogP contribution in [0.3, 0.4) is 0 Å². The van der Waals surface area contributed by atoms with Gasteiger partial charge in [0.05, 0.1) is 18.8 Å². The standard InChI is InChI=1S/C27H38O3/c1-3-5-7-9-10-12-21-29-26-19-17-24(18-20-26)23-13-15-25(16-14-23)27(28)30-22-11-8-6-4-2/h13-20H,3-12,21-22H2,1-2H3. The molecule has 0 spiro atoms. The summed E-state index contributed by atoms with van der Waals surface area (Å²) in [5.41, 5.74) is 2.80. The Morgan fingerprint density at radius 1 is 0.633 bits per heavy atom. The summed E-state index contributed by atoms with van der Waals surface area (Å²) in [6.07, 6.45) is 12.0. The highest BCUT2D eigenvalue weighted by Crippen LogP contribution is 2.23. The van der Waals surface area contributed by atoms with E-state index in [0.717, 1.165) is 42.7 Å². The summed E-state index contributed by atoms with van der Waals surface area (Å²) in [7, 11) is 0. The molecule has 2 aromatic carbocycles. The summed E-state index contributed by atoms with van der Waals surface area (Å²) < 4.78 is 11.2. The molecule has 0 aliphatic carbocycles. The van der Waals surface area contributed by atoms with E-state index in [1.807, 2.05) is 36.4 Å². The minimum Gasteiger partial charge on any atom is -0.494 e. The average molecular weight is 411 g/mol.